The Morgan fingerprint density at radius 1 is 0.853 bits per heavy atom. The van der Waals surface area contributed by atoms with Crippen molar-refractivity contribution >= 4 is 28.9 Å². The van der Waals surface area contributed by atoms with Crippen molar-refractivity contribution in [2.45, 2.75) is 13.2 Å². The summed E-state index contributed by atoms with van der Waals surface area (Å²) in [4.78, 5) is 25.1. The van der Waals surface area contributed by atoms with Crippen LogP contribution in [0.2, 0.25) is 0 Å². The first-order chi connectivity index (χ1) is 16.6. The number of amides is 1. The van der Waals surface area contributed by atoms with Gasteiger partial charge in [-0.3, -0.25) is 4.79 Å². The molecule has 1 aromatic heterocycles. The minimum atomic E-state index is -0.508. The van der Waals surface area contributed by atoms with Crippen LogP contribution in [0.15, 0.2) is 78.9 Å². The van der Waals surface area contributed by atoms with Gasteiger partial charge < -0.3 is 19.5 Å². The lowest BCUT2D eigenvalue weighted by molar-refractivity contribution is 0.0468. The number of esters is 1. The maximum atomic E-state index is 12.7. The molecule has 34 heavy (non-hydrogen) atoms. The predicted molar refractivity (Wildman–Crippen MR) is 127 cm³/mol. The molecule has 0 aliphatic carbocycles. The van der Waals surface area contributed by atoms with Gasteiger partial charge in [-0.15, -0.1) is 10.2 Å². The molecule has 3 aromatic carbocycles. The van der Waals surface area contributed by atoms with Crippen molar-refractivity contribution in [2.24, 2.45) is 0 Å². The highest BCUT2D eigenvalue weighted by atomic mass is 32.1. The number of carbonyl (C=O) groups excluding carboxylic acids is 2. The van der Waals surface area contributed by atoms with E-state index in [1.54, 1.807) is 43.5 Å². The first-order valence-electron chi connectivity index (χ1n) is 10.3. The number of nitrogens with one attached hydrogen (secondary N) is 1. The minimum Gasteiger partial charge on any atom is -0.497 e. The number of ether oxygens (including phenoxy) is 3. The van der Waals surface area contributed by atoms with Gasteiger partial charge in [-0.25, -0.2) is 4.79 Å². The summed E-state index contributed by atoms with van der Waals surface area (Å²) in [7, 11) is 1.57. The van der Waals surface area contributed by atoms with E-state index in [-0.39, 0.29) is 18.2 Å². The molecular weight excluding hydrogens is 454 g/mol. The highest BCUT2D eigenvalue weighted by molar-refractivity contribution is 7.13. The SMILES string of the molecule is COc1ccc(NC(=O)c2nnc(COC(=O)c3ccccc3COc3ccccc3)s2)cc1. The molecule has 0 bridgehead atoms. The van der Waals surface area contributed by atoms with E-state index in [4.69, 9.17) is 14.2 Å². The van der Waals surface area contributed by atoms with Gasteiger partial charge in [0.1, 0.15) is 24.7 Å². The van der Waals surface area contributed by atoms with Crippen molar-refractivity contribution < 1.29 is 23.8 Å². The van der Waals surface area contributed by atoms with Crippen molar-refractivity contribution in [3.63, 3.8) is 0 Å². The van der Waals surface area contributed by atoms with Crippen LogP contribution in [0.25, 0.3) is 0 Å². The molecule has 0 aliphatic heterocycles. The topological polar surface area (TPSA) is 99.6 Å². The summed E-state index contributed by atoms with van der Waals surface area (Å²) in [5.41, 5.74) is 1.71. The quantitative estimate of drug-likeness (QED) is 0.349. The van der Waals surface area contributed by atoms with Crippen molar-refractivity contribution in [3.8, 4) is 11.5 Å². The number of hydrogen-bond donors (Lipinski definition) is 1. The highest BCUT2D eigenvalue weighted by Gasteiger charge is 2.17. The second-order valence-electron chi connectivity index (χ2n) is 7.02. The Balaban J connectivity index is 1.33. The smallest absolute Gasteiger partial charge is 0.338 e. The van der Waals surface area contributed by atoms with Gasteiger partial charge in [-0.05, 0) is 42.5 Å². The fourth-order valence-corrected chi connectivity index (χ4v) is 3.64. The Morgan fingerprint density at radius 3 is 2.35 bits per heavy atom. The average Bonchev–Trinajstić information content (AvgIpc) is 3.37. The number of rotatable bonds is 9. The molecule has 4 rings (SSSR count). The molecule has 9 heteroatoms. The van der Waals surface area contributed by atoms with E-state index in [2.05, 4.69) is 15.5 Å². The molecule has 0 aliphatic rings. The zero-order valence-electron chi connectivity index (χ0n) is 18.3. The Kier molecular flexibility index (Phi) is 7.46. The third-order valence-electron chi connectivity index (χ3n) is 4.71. The first-order valence-corrected chi connectivity index (χ1v) is 11.1. The van der Waals surface area contributed by atoms with Gasteiger partial charge in [0.2, 0.25) is 5.01 Å². The number of hydrogen-bond acceptors (Lipinski definition) is 8. The summed E-state index contributed by atoms with van der Waals surface area (Å²) in [6, 6.07) is 23.4. The number of aromatic nitrogens is 2. The van der Waals surface area contributed by atoms with E-state index in [9.17, 15) is 9.59 Å². The third kappa shape index (κ3) is 5.96. The van der Waals surface area contributed by atoms with Crippen molar-refractivity contribution in [1.29, 1.82) is 0 Å². The van der Waals surface area contributed by atoms with Crippen LogP contribution in [-0.4, -0.2) is 29.2 Å². The van der Waals surface area contributed by atoms with Gasteiger partial charge in [0.15, 0.2) is 5.01 Å². The van der Waals surface area contributed by atoms with Crippen LogP contribution in [-0.2, 0) is 18.0 Å². The molecule has 0 radical (unpaired) electrons. The van der Waals surface area contributed by atoms with Crippen LogP contribution >= 0.6 is 11.3 Å². The Morgan fingerprint density at radius 2 is 1.59 bits per heavy atom. The molecule has 8 nitrogen and oxygen atoms in total. The van der Waals surface area contributed by atoms with E-state index in [1.165, 1.54) is 0 Å². The third-order valence-corrected chi connectivity index (χ3v) is 5.61. The zero-order valence-corrected chi connectivity index (χ0v) is 19.1. The van der Waals surface area contributed by atoms with Crippen molar-refractivity contribution in [1.82, 2.24) is 10.2 Å². The molecule has 1 heterocycles. The number of nitrogens with zero attached hydrogens (tertiary/aromatic N) is 2. The van der Waals surface area contributed by atoms with Crippen LogP contribution < -0.4 is 14.8 Å². The molecule has 0 saturated carbocycles. The van der Waals surface area contributed by atoms with Crippen LogP contribution in [0, 0.1) is 0 Å². The monoisotopic (exact) mass is 475 g/mol. The van der Waals surface area contributed by atoms with Crippen molar-refractivity contribution in [3.05, 3.63) is 100 Å². The lowest BCUT2D eigenvalue weighted by Crippen LogP contribution is -2.11. The number of methoxy groups -OCH3 is 1. The highest BCUT2D eigenvalue weighted by Crippen LogP contribution is 2.19. The summed E-state index contributed by atoms with van der Waals surface area (Å²) in [6.45, 7) is 0.129. The van der Waals surface area contributed by atoms with Crippen LogP contribution in [0.4, 0.5) is 5.69 Å². The maximum Gasteiger partial charge on any atom is 0.338 e. The molecular formula is C25H21N3O5S. The van der Waals surface area contributed by atoms with Crippen LogP contribution in [0.1, 0.15) is 30.7 Å². The van der Waals surface area contributed by atoms with Gasteiger partial charge in [-0.2, -0.15) is 0 Å². The summed E-state index contributed by atoms with van der Waals surface area (Å²) < 4.78 is 16.3. The average molecular weight is 476 g/mol. The first kappa shape index (κ1) is 22.9. The number of anilines is 1. The molecule has 1 amide bonds. The van der Waals surface area contributed by atoms with Gasteiger partial charge in [0, 0.05) is 11.3 Å². The second-order valence-corrected chi connectivity index (χ2v) is 8.08. The fraction of sp³-hybridized carbons (Fsp3) is 0.120. The molecule has 172 valence electrons. The molecule has 0 fully saturated rings. The summed E-state index contributed by atoms with van der Waals surface area (Å²) in [5.74, 6) is 0.488. The summed E-state index contributed by atoms with van der Waals surface area (Å²) in [5, 5.41) is 11.2. The lowest BCUT2D eigenvalue weighted by Gasteiger charge is -2.10. The Labute approximate surface area is 200 Å². The molecule has 4 aromatic rings. The fourth-order valence-electron chi connectivity index (χ4n) is 2.99. The van der Waals surface area contributed by atoms with E-state index < -0.39 is 11.9 Å². The molecule has 1 N–H and O–H groups in total. The molecule has 0 spiro atoms. The predicted octanol–water partition coefficient (Wildman–Crippen LogP) is 4.74. The standard InChI is InChI=1S/C25H21N3O5S/c1-31-19-13-11-18(12-14-19)26-23(29)24-28-27-22(34-24)16-33-25(30)21-10-6-5-7-17(21)15-32-20-8-3-2-4-9-20/h2-14H,15-16H2,1H3,(H,26,29). The number of benzene rings is 3. The van der Waals surface area contributed by atoms with Crippen LogP contribution in [0.5, 0.6) is 11.5 Å². The molecule has 0 unspecified atom stereocenters. The van der Waals surface area contributed by atoms with E-state index in [0.717, 1.165) is 11.3 Å². The maximum absolute atomic E-state index is 12.7. The van der Waals surface area contributed by atoms with E-state index in [0.29, 0.717) is 33.3 Å². The van der Waals surface area contributed by atoms with Gasteiger partial charge in [0.05, 0.1) is 12.7 Å². The normalized spacial score (nSPS) is 10.4. The number of carbonyl (C=O) groups is 2. The summed E-state index contributed by atoms with van der Waals surface area (Å²) >= 11 is 1.06. The zero-order chi connectivity index (χ0) is 23.8. The Hall–Kier alpha value is -4.24. The lowest BCUT2D eigenvalue weighted by atomic mass is 10.1. The van der Waals surface area contributed by atoms with Crippen molar-refractivity contribution in [2.75, 3.05) is 12.4 Å². The Bertz CT molecular complexity index is 1260. The van der Waals surface area contributed by atoms with E-state index in [1.807, 2.05) is 42.5 Å². The number of para-hydroxylation sites is 1. The largest absolute Gasteiger partial charge is 0.497 e. The van der Waals surface area contributed by atoms with Crippen LogP contribution in [0.3, 0.4) is 0 Å². The van der Waals surface area contributed by atoms with E-state index >= 15 is 0 Å². The second kappa shape index (κ2) is 11.1. The van der Waals surface area contributed by atoms with Gasteiger partial charge in [0.25, 0.3) is 5.91 Å². The van der Waals surface area contributed by atoms with Gasteiger partial charge >= 0.3 is 5.97 Å². The molecule has 0 atom stereocenters. The van der Waals surface area contributed by atoms with Gasteiger partial charge in [-0.1, -0.05) is 47.7 Å². The summed E-state index contributed by atoms with van der Waals surface area (Å²) in [6.07, 6.45) is 0. The minimum absolute atomic E-state index is 0.0970. The molecule has 0 saturated heterocycles.